The van der Waals surface area contributed by atoms with E-state index in [0.717, 1.165) is 5.56 Å². The number of methoxy groups -OCH3 is 1. The van der Waals surface area contributed by atoms with Crippen molar-refractivity contribution in [1.29, 1.82) is 0 Å². The highest BCUT2D eigenvalue weighted by atomic mass is 16.5. The average molecular weight is 392 g/mol. The first-order valence-corrected chi connectivity index (χ1v) is 9.68. The van der Waals surface area contributed by atoms with Gasteiger partial charge in [0.1, 0.15) is 6.04 Å². The molecular formula is C21H32N2O5. The van der Waals surface area contributed by atoms with E-state index in [4.69, 9.17) is 9.47 Å². The van der Waals surface area contributed by atoms with Gasteiger partial charge in [0.15, 0.2) is 0 Å². The van der Waals surface area contributed by atoms with Gasteiger partial charge >= 0.3 is 11.9 Å². The van der Waals surface area contributed by atoms with E-state index in [1.54, 1.807) is 6.92 Å². The van der Waals surface area contributed by atoms with Gasteiger partial charge in [-0.3, -0.25) is 9.59 Å². The van der Waals surface area contributed by atoms with Crippen LogP contribution in [0.15, 0.2) is 30.3 Å². The summed E-state index contributed by atoms with van der Waals surface area (Å²) in [5.74, 6) is -0.870. The van der Waals surface area contributed by atoms with Crippen LogP contribution in [0.1, 0.15) is 39.2 Å². The Bertz CT molecular complexity index is 618. The summed E-state index contributed by atoms with van der Waals surface area (Å²) in [6.07, 6.45) is 1.09. The Hall–Kier alpha value is -2.41. The summed E-state index contributed by atoms with van der Waals surface area (Å²) in [5.41, 5.74) is 0.977. The quantitative estimate of drug-likeness (QED) is 0.527. The number of carbonyl (C=O) groups excluding carboxylic acids is 3. The topological polar surface area (TPSA) is 93.7 Å². The number of rotatable bonds is 12. The summed E-state index contributed by atoms with van der Waals surface area (Å²) in [5, 5.41) is 5.90. The molecule has 2 N–H and O–H groups in total. The molecule has 0 aliphatic rings. The molecule has 1 aromatic carbocycles. The van der Waals surface area contributed by atoms with E-state index < -0.39 is 18.1 Å². The molecule has 0 saturated heterocycles. The zero-order chi connectivity index (χ0) is 20.9. The number of benzene rings is 1. The maximum absolute atomic E-state index is 12.9. The Balaban J connectivity index is 2.80. The number of nitrogens with one attached hydrogen (secondary N) is 2. The van der Waals surface area contributed by atoms with Gasteiger partial charge in [-0.2, -0.15) is 0 Å². The molecule has 0 bridgehead atoms. The third-order valence-corrected chi connectivity index (χ3v) is 4.13. The summed E-state index contributed by atoms with van der Waals surface area (Å²) in [6.45, 7) is 6.32. The molecule has 0 fully saturated rings. The lowest BCUT2D eigenvalue weighted by Gasteiger charge is -2.23. The number of ether oxygens (including phenoxy) is 2. The molecule has 28 heavy (non-hydrogen) atoms. The van der Waals surface area contributed by atoms with Crippen LogP contribution in [0.2, 0.25) is 0 Å². The van der Waals surface area contributed by atoms with Gasteiger partial charge in [-0.25, -0.2) is 4.79 Å². The molecule has 156 valence electrons. The zero-order valence-corrected chi connectivity index (χ0v) is 17.2. The van der Waals surface area contributed by atoms with Crippen molar-refractivity contribution in [3.8, 4) is 0 Å². The summed E-state index contributed by atoms with van der Waals surface area (Å²) >= 11 is 0. The van der Waals surface area contributed by atoms with Crippen molar-refractivity contribution in [2.75, 3.05) is 20.3 Å². The number of carbonyl (C=O) groups is 3. The molecule has 0 unspecified atom stereocenters. The number of hydrogen-bond donors (Lipinski definition) is 2. The van der Waals surface area contributed by atoms with Gasteiger partial charge in [0.25, 0.3) is 0 Å². The Morgan fingerprint density at radius 1 is 1.07 bits per heavy atom. The SMILES string of the molecule is CCOC(=O)CCN[C@@H](Cc1ccccc1)C(=O)N[C@@H](CC(C)C)C(=O)OC. The first-order chi connectivity index (χ1) is 13.4. The lowest BCUT2D eigenvalue weighted by molar-refractivity contribution is -0.145. The highest BCUT2D eigenvalue weighted by Crippen LogP contribution is 2.08. The third kappa shape index (κ3) is 8.99. The second-order valence-corrected chi connectivity index (χ2v) is 6.97. The Kier molecular flexibility index (Phi) is 10.9. The lowest BCUT2D eigenvalue weighted by atomic mass is 10.0. The van der Waals surface area contributed by atoms with Gasteiger partial charge in [-0.1, -0.05) is 44.2 Å². The predicted molar refractivity (Wildman–Crippen MR) is 107 cm³/mol. The maximum Gasteiger partial charge on any atom is 0.328 e. The lowest BCUT2D eigenvalue weighted by Crippen LogP contribution is -2.52. The Morgan fingerprint density at radius 3 is 2.32 bits per heavy atom. The van der Waals surface area contributed by atoms with Gasteiger partial charge < -0.3 is 20.1 Å². The molecule has 0 aliphatic carbocycles. The van der Waals surface area contributed by atoms with Crippen LogP contribution in [0.3, 0.4) is 0 Å². The van der Waals surface area contributed by atoms with Crippen molar-refractivity contribution >= 4 is 17.8 Å². The fourth-order valence-corrected chi connectivity index (χ4v) is 2.79. The fourth-order valence-electron chi connectivity index (χ4n) is 2.79. The molecule has 7 nitrogen and oxygen atoms in total. The highest BCUT2D eigenvalue weighted by Gasteiger charge is 2.27. The second kappa shape index (κ2) is 12.9. The molecule has 2 atom stereocenters. The molecule has 1 rings (SSSR count). The Labute approximate surface area is 167 Å². The van der Waals surface area contributed by atoms with Crippen LogP contribution >= 0.6 is 0 Å². The van der Waals surface area contributed by atoms with E-state index in [9.17, 15) is 14.4 Å². The molecule has 0 spiro atoms. The van der Waals surface area contributed by atoms with Crippen LogP contribution < -0.4 is 10.6 Å². The van der Waals surface area contributed by atoms with E-state index >= 15 is 0 Å². The summed E-state index contributed by atoms with van der Waals surface area (Å²) in [7, 11) is 1.31. The third-order valence-electron chi connectivity index (χ3n) is 4.13. The molecule has 1 amide bonds. The van der Waals surface area contributed by atoms with Crippen molar-refractivity contribution < 1.29 is 23.9 Å². The van der Waals surface area contributed by atoms with E-state index in [2.05, 4.69) is 10.6 Å². The van der Waals surface area contributed by atoms with E-state index in [0.29, 0.717) is 26.0 Å². The van der Waals surface area contributed by atoms with Crippen molar-refractivity contribution in [2.45, 2.75) is 52.1 Å². The van der Waals surface area contributed by atoms with Crippen LogP contribution in [0, 0.1) is 5.92 Å². The van der Waals surface area contributed by atoms with Gasteiger partial charge in [-0.05, 0) is 31.2 Å². The van der Waals surface area contributed by atoms with Gasteiger partial charge in [-0.15, -0.1) is 0 Å². The van der Waals surface area contributed by atoms with Crippen LogP contribution in [-0.2, 0) is 30.3 Å². The standard InChI is InChI=1S/C21H32N2O5/c1-5-28-19(24)11-12-22-17(14-16-9-7-6-8-10-16)20(25)23-18(13-15(2)3)21(26)27-4/h6-10,15,17-18,22H,5,11-14H2,1-4H3,(H,23,25)/t17-,18-/m0/s1. The van der Waals surface area contributed by atoms with Crippen molar-refractivity contribution in [3.05, 3.63) is 35.9 Å². The number of esters is 2. The minimum absolute atomic E-state index is 0.166. The fraction of sp³-hybridized carbons (Fsp3) is 0.571. The number of hydrogen-bond acceptors (Lipinski definition) is 6. The maximum atomic E-state index is 12.9. The van der Waals surface area contributed by atoms with Crippen molar-refractivity contribution in [2.24, 2.45) is 5.92 Å². The molecule has 0 saturated carbocycles. The second-order valence-electron chi connectivity index (χ2n) is 6.97. The molecule has 0 aliphatic heterocycles. The summed E-state index contributed by atoms with van der Waals surface area (Å²) in [6, 6.07) is 8.28. The molecule has 0 radical (unpaired) electrons. The molecule has 0 heterocycles. The first kappa shape index (κ1) is 23.6. The monoisotopic (exact) mass is 392 g/mol. The van der Waals surface area contributed by atoms with E-state index in [-0.39, 0.29) is 24.2 Å². The van der Waals surface area contributed by atoms with Gasteiger partial charge in [0.05, 0.1) is 26.2 Å². The highest BCUT2D eigenvalue weighted by molar-refractivity contribution is 5.87. The van der Waals surface area contributed by atoms with Gasteiger partial charge in [0, 0.05) is 6.54 Å². The molecule has 7 heteroatoms. The van der Waals surface area contributed by atoms with E-state index in [1.165, 1.54) is 7.11 Å². The zero-order valence-electron chi connectivity index (χ0n) is 17.2. The largest absolute Gasteiger partial charge is 0.467 e. The number of amides is 1. The minimum atomic E-state index is -0.706. The van der Waals surface area contributed by atoms with Crippen LogP contribution in [0.4, 0.5) is 0 Å². The van der Waals surface area contributed by atoms with Crippen LogP contribution in [-0.4, -0.2) is 50.2 Å². The van der Waals surface area contributed by atoms with Crippen molar-refractivity contribution in [3.63, 3.8) is 0 Å². The molecule has 1 aromatic rings. The van der Waals surface area contributed by atoms with Gasteiger partial charge in [0.2, 0.25) is 5.91 Å². The molecule has 0 aromatic heterocycles. The summed E-state index contributed by atoms with van der Waals surface area (Å²) < 4.78 is 9.73. The van der Waals surface area contributed by atoms with E-state index in [1.807, 2.05) is 44.2 Å². The van der Waals surface area contributed by atoms with Crippen molar-refractivity contribution in [1.82, 2.24) is 10.6 Å². The summed E-state index contributed by atoms with van der Waals surface area (Å²) in [4.78, 5) is 36.4. The molecular weight excluding hydrogens is 360 g/mol. The predicted octanol–water partition coefficient (Wildman–Crippen LogP) is 1.84. The average Bonchev–Trinajstić information content (AvgIpc) is 2.66. The van der Waals surface area contributed by atoms with Crippen LogP contribution in [0.5, 0.6) is 0 Å². The smallest absolute Gasteiger partial charge is 0.328 e. The minimum Gasteiger partial charge on any atom is -0.467 e. The Morgan fingerprint density at radius 2 is 1.75 bits per heavy atom. The van der Waals surface area contributed by atoms with Crippen LogP contribution in [0.25, 0.3) is 0 Å². The first-order valence-electron chi connectivity index (χ1n) is 9.68. The normalized spacial score (nSPS) is 12.9.